The number of rotatable bonds is 33. The standard InChI is InChI=1S/C57H61P.C55H55P.2Os/c1-6-10-12-23-39-57(40-24-13-11-7-2)55-41-45(26-8-3)35-37-52(55)53-38-36-48(43-56(53)57)54(42-47-28-25-27-46(47)9-4)44(5)58(49-29-17-14-18-30-49,50-31-19-15-20-32-50)51-33-21-16-22-34-51;1-6-9-11-22-37-55(38-23-12-10-7-2)53-39-44(8-3)33-35-50(53)51-36-34-46(41-54(51)55)52(40-45-26-24-25-42(45)4)43(5)56(47-27-16-13-17-28-47,48-29-18-14-19-30-48)49-31-20-15-21-32-49;;/h8,14-22,26,29-38,41,43H,6-7,10-13,23-25,27-28,39-40H2,1-4H3;3-4,13-21,27-36,39,41H,6-7,9-12,22-26,37-38H2,1-2H3;;/q2*-1;;/b26-8+,54-44?;;;. The molecule has 0 radical (unpaired) electrons. The Morgan fingerprint density at radius 3 is 1.06 bits per heavy atom. The molecule has 4 aliphatic rings. The number of hydrogen-bond acceptors (Lipinski definition) is 0. The fraction of sp³-hybridized carbons (Fsp3) is 0.304. The Labute approximate surface area is 719 Å². The summed E-state index contributed by atoms with van der Waals surface area (Å²) < 4.78 is 7.96. The number of hydrogen-bond donors (Lipinski definition) is 0. The fourth-order valence-corrected chi connectivity index (χ4v) is 31.0. The van der Waals surface area contributed by atoms with Gasteiger partial charge in [-0.2, -0.15) is 0 Å². The van der Waals surface area contributed by atoms with Crippen molar-refractivity contribution < 1.29 is 35.9 Å². The Bertz CT molecular complexity index is 5140. The molecule has 0 nitrogen and oxygen atoms in total. The molecule has 2 saturated carbocycles. The molecule has 0 amide bonds. The third-order valence-corrected chi connectivity index (χ3v) is 35.9. The predicted molar refractivity (Wildman–Crippen MR) is 496 cm³/mol. The zero-order valence-corrected chi connectivity index (χ0v) is 76.4. The molecule has 592 valence electrons. The van der Waals surface area contributed by atoms with Gasteiger partial charge in [0.2, 0.25) is 0 Å². The van der Waals surface area contributed by atoms with E-state index in [4.69, 9.17) is 13.0 Å². The first-order valence-electron chi connectivity index (χ1n) is 43.5. The van der Waals surface area contributed by atoms with Crippen molar-refractivity contribution in [1.29, 1.82) is 0 Å². The third-order valence-electron chi connectivity index (χ3n) is 25.2. The van der Waals surface area contributed by atoms with Gasteiger partial charge in [-0.1, -0.05) is 27.7 Å². The van der Waals surface area contributed by atoms with Gasteiger partial charge in [-0.25, -0.2) is 0 Å². The van der Waals surface area contributed by atoms with E-state index in [0.717, 1.165) is 73.6 Å². The first-order chi connectivity index (χ1) is 57.1. The summed E-state index contributed by atoms with van der Waals surface area (Å²) >= 11 is 3.72. The first kappa shape index (κ1) is 85.5. The number of allylic oxidation sites excluding steroid dienone is 12. The van der Waals surface area contributed by atoms with Gasteiger partial charge in [-0.3, -0.25) is 0 Å². The second-order valence-electron chi connectivity index (χ2n) is 32.3. The number of fused-ring (bicyclic) bond motifs is 6. The summed E-state index contributed by atoms with van der Waals surface area (Å²) in [5.74, 6) is 3.00. The van der Waals surface area contributed by atoms with E-state index in [-0.39, 0.29) is 10.8 Å². The van der Waals surface area contributed by atoms with Crippen molar-refractivity contribution >= 4 is 63.6 Å². The van der Waals surface area contributed by atoms with E-state index in [2.05, 4.69) is 341 Å². The normalized spacial score (nSPS) is 15.9. The molecular weight excluding hydrogens is 1790 g/mol. The summed E-state index contributed by atoms with van der Waals surface area (Å²) in [6.07, 6.45) is 53.3. The Balaban J connectivity index is 0.000000202. The maximum absolute atomic E-state index is 6.84. The van der Waals surface area contributed by atoms with Crippen molar-refractivity contribution in [2.24, 2.45) is 0 Å². The van der Waals surface area contributed by atoms with Crippen molar-refractivity contribution in [2.75, 3.05) is 0 Å². The Hall–Kier alpha value is -8.37. The van der Waals surface area contributed by atoms with E-state index in [1.54, 1.807) is 0 Å². The summed E-state index contributed by atoms with van der Waals surface area (Å²) in [5.41, 5.74) is 23.1. The molecule has 0 atom stereocenters. The third kappa shape index (κ3) is 17.8. The predicted octanol–water partition coefficient (Wildman–Crippen LogP) is 28.2. The Morgan fingerprint density at radius 2 is 0.724 bits per heavy atom. The number of benzene rings is 10. The van der Waals surface area contributed by atoms with Gasteiger partial charge in [0.05, 0.1) is 0 Å². The molecule has 10 aromatic rings. The molecule has 0 aromatic heterocycles. The van der Waals surface area contributed by atoms with Crippen molar-refractivity contribution in [3.63, 3.8) is 0 Å². The summed E-state index contributed by atoms with van der Waals surface area (Å²) in [5, 5.41) is 10.4. The van der Waals surface area contributed by atoms with Gasteiger partial charge in [0.25, 0.3) is 0 Å². The molecule has 14 rings (SSSR count). The molecule has 0 unspecified atom stereocenters. The maximum atomic E-state index is 6.84. The van der Waals surface area contributed by atoms with E-state index >= 15 is 0 Å². The van der Waals surface area contributed by atoms with Crippen molar-refractivity contribution in [1.82, 2.24) is 0 Å². The van der Waals surface area contributed by atoms with Crippen molar-refractivity contribution in [3.8, 4) is 43.3 Å². The Morgan fingerprint density at radius 1 is 0.397 bits per heavy atom. The van der Waals surface area contributed by atoms with Crippen LogP contribution in [0.4, 0.5) is 0 Å². The van der Waals surface area contributed by atoms with Crippen LogP contribution in [0.3, 0.4) is 0 Å². The van der Waals surface area contributed by atoms with Crippen molar-refractivity contribution in [3.05, 3.63) is 363 Å². The molecule has 0 bridgehead atoms. The molecule has 0 aliphatic heterocycles. The van der Waals surface area contributed by atoms with E-state index in [1.165, 1.54) is 236 Å². The first-order valence-corrected chi connectivity index (χ1v) is 49.6. The second kappa shape index (κ2) is 41.3. The van der Waals surface area contributed by atoms with Crippen LogP contribution in [-0.2, 0) is 46.7 Å². The van der Waals surface area contributed by atoms with E-state index in [0.29, 0.717) is 0 Å². The molecule has 0 N–H and O–H groups in total. The Kier molecular flexibility index (Phi) is 30.5. The monoisotopic (exact) mass is 1910 g/mol. The van der Waals surface area contributed by atoms with Crippen LogP contribution in [0.5, 0.6) is 0 Å². The molecule has 4 aliphatic carbocycles. The zero-order chi connectivity index (χ0) is 80.8. The van der Waals surface area contributed by atoms with Crippen LogP contribution in [0.1, 0.15) is 253 Å². The zero-order valence-electron chi connectivity index (χ0n) is 69.5. The number of unbranched alkanes of at least 4 members (excludes halogenated alkanes) is 12. The van der Waals surface area contributed by atoms with Crippen LogP contribution in [0.15, 0.2) is 294 Å². The van der Waals surface area contributed by atoms with Gasteiger partial charge in [0, 0.05) is 0 Å². The van der Waals surface area contributed by atoms with Crippen molar-refractivity contribution in [2.45, 2.75) is 219 Å². The van der Waals surface area contributed by atoms with E-state index in [1.807, 2.05) is 35.9 Å². The van der Waals surface area contributed by atoms with Gasteiger partial charge >= 0.3 is 691 Å². The average molecular weight is 1900 g/mol. The van der Waals surface area contributed by atoms with Gasteiger partial charge < -0.3 is 0 Å². The molecule has 0 spiro atoms. The van der Waals surface area contributed by atoms with Crippen LogP contribution >= 0.6 is 14.5 Å². The topological polar surface area (TPSA) is 0 Å². The number of terminal acetylenes is 1. The van der Waals surface area contributed by atoms with Gasteiger partial charge in [0.15, 0.2) is 0 Å². The minimum absolute atomic E-state index is 0.0420. The van der Waals surface area contributed by atoms with Gasteiger partial charge in [0.1, 0.15) is 0 Å². The van der Waals surface area contributed by atoms with E-state index < -0.39 is 14.5 Å². The quantitative estimate of drug-likeness (QED) is 0.0166. The minimum atomic E-state index is -2.51. The van der Waals surface area contributed by atoms with Gasteiger partial charge in [-0.05, 0) is 6.92 Å². The second-order valence-corrected chi connectivity index (χ2v) is 40.2. The molecule has 0 heterocycles. The summed E-state index contributed by atoms with van der Waals surface area (Å²) in [7, 11) is -4.99. The van der Waals surface area contributed by atoms with Gasteiger partial charge in [-0.15, -0.1) is 0 Å². The van der Waals surface area contributed by atoms with Crippen LogP contribution in [0.2, 0.25) is 0 Å². The van der Waals surface area contributed by atoms with Crippen LogP contribution in [-0.4, -0.2) is 0 Å². The van der Waals surface area contributed by atoms with Crippen LogP contribution in [0.25, 0.3) is 39.5 Å². The average Bonchev–Trinajstić information content (AvgIpc) is 1.37. The van der Waals surface area contributed by atoms with Crippen LogP contribution < -0.4 is 31.8 Å². The summed E-state index contributed by atoms with van der Waals surface area (Å²) in [6, 6.07) is 96.5. The molecule has 2 fully saturated rings. The van der Waals surface area contributed by atoms with E-state index in [9.17, 15) is 0 Å². The summed E-state index contributed by atoms with van der Waals surface area (Å²) in [6.45, 7) is 20.3. The molecule has 4 heteroatoms. The SMILES string of the molecule is C#Cc1ccc2c(c1)C(CCCCCC)(CCCCCC)c1cc(C([C-]=C3CCCC3=[CH-])=C([C]#[Os])[P+](c3ccccc3)(c3ccccc3)c3ccccc3)ccc1-2.C[C-]=C1CCCC1=[C-]C(=C([C]#[Os])[P+](c1ccccc1)(c1ccccc1)c1ccccc1)c1ccc2c(c1)C(CCCCCC)(CCCCCC)c1cc(/C=C/C)ccc1-2. The molecular formula is C112H116Os2P2-2. The molecule has 10 aromatic carbocycles. The fourth-order valence-electron chi connectivity index (χ4n) is 19.5. The molecule has 0 saturated heterocycles. The summed E-state index contributed by atoms with van der Waals surface area (Å²) in [4.78, 5) is 0. The van der Waals surface area contributed by atoms with Crippen LogP contribution in [0, 0.1) is 45.9 Å². The molecule has 116 heavy (non-hydrogen) atoms.